The molecule has 2 aromatic rings. The van der Waals surface area contributed by atoms with Crippen LogP contribution in [0.5, 0.6) is 0 Å². The molecule has 3 rings (SSSR count). The van der Waals surface area contributed by atoms with Crippen LogP contribution < -0.4 is 4.90 Å². The highest BCUT2D eigenvalue weighted by Crippen LogP contribution is 2.38. The molecule has 7 heteroatoms. The fraction of sp³-hybridized carbons (Fsp3) is 0.0476. The van der Waals surface area contributed by atoms with Gasteiger partial charge in [-0.05, 0) is 47.5 Å². The van der Waals surface area contributed by atoms with E-state index in [1.807, 2.05) is 12.1 Å². The molecule has 0 bridgehead atoms. The average Bonchev–Trinajstić information content (AvgIpc) is 2.70. The second-order valence-corrected chi connectivity index (χ2v) is 6.73. The van der Waals surface area contributed by atoms with Crippen molar-refractivity contribution in [1.29, 1.82) is 21.2 Å². The van der Waals surface area contributed by atoms with Gasteiger partial charge < -0.3 is 0 Å². The number of hydrogen-bond donors (Lipinski definition) is 1. The van der Waals surface area contributed by atoms with Crippen LogP contribution in [-0.4, -0.2) is 5.84 Å². The van der Waals surface area contributed by atoms with Gasteiger partial charge in [0.1, 0.15) is 29.6 Å². The Kier molecular flexibility index (Phi) is 5.48. The van der Waals surface area contributed by atoms with Gasteiger partial charge in [-0.1, -0.05) is 35.3 Å². The quantitative estimate of drug-likeness (QED) is 0.672. The summed E-state index contributed by atoms with van der Waals surface area (Å²) in [6.07, 6.45) is 0.145. The van der Waals surface area contributed by atoms with Crippen LogP contribution in [0.1, 0.15) is 12.0 Å². The summed E-state index contributed by atoms with van der Waals surface area (Å²) in [4.78, 5) is 1.44. The van der Waals surface area contributed by atoms with Gasteiger partial charge in [0, 0.05) is 22.2 Å². The lowest BCUT2D eigenvalue weighted by Crippen LogP contribution is -2.35. The van der Waals surface area contributed by atoms with Crippen LogP contribution in [-0.2, 0) is 0 Å². The Bertz CT molecular complexity index is 1120. The van der Waals surface area contributed by atoms with E-state index in [0.717, 1.165) is 0 Å². The zero-order valence-electron chi connectivity index (χ0n) is 14.4. The van der Waals surface area contributed by atoms with E-state index in [9.17, 15) is 15.8 Å². The topological polar surface area (TPSA) is 98.5 Å². The van der Waals surface area contributed by atoms with Crippen LogP contribution in [0.25, 0.3) is 5.57 Å². The van der Waals surface area contributed by atoms with Crippen molar-refractivity contribution >= 4 is 40.3 Å². The number of benzene rings is 2. The maximum Gasteiger partial charge on any atom is 0.149 e. The predicted molar refractivity (Wildman–Crippen MR) is 109 cm³/mol. The number of nitrogens with zero attached hydrogens (tertiary/aromatic N) is 4. The molecule has 0 fully saturated rings. The Labute approximate surface area is 172 Å². The van der Waals surface area contributed by atoms with Gasteiger partial charge in [-0.3, -0.25) is 10.3 Å². The monoisotopic (exact) mass is 403 g/mol. The van der Waals surface area contributed by atoms with E-state index < -0.39 is 0 Å². The molecule has 5 nitrogen and oxygen atoms in total. The summed E-state index contributed by atoms with van der Waals surface area (Å²) in [5.41, 5.74) is 2.18. The molecule has 1 aliphatic rings. The second kappa shape index (κ2) is 7.99. The number of anilines is 1. The lowest BCUT2D eigenvalue weighted by atomic mass is 9.89. The first kappa shape index (κ1) is 19.2. The van der Waals surface area contributed by atoms with Crippen molar-refractivity contribution in [1.82, 2.24) is 0 Å². The van der Waals surface area contributed by atoms with Crippen LogP contribution in [0.15, 0.2) is 65.4 Å². The number of allylic oxidation sites excluding steroid dienone is 2. The second-order valence-electron chi connectivity index (χ2n) is 5.85. The minimum atomic E-state index is -0.122. The molecule has 0 radical (unpaired) electrons. The summed E-state index contributed by atoms with van der Waals surface area (Å²) in [6.45, 7) is 0. The van der Waals surface area contributed by atoms with Gasteiger partial charge in [-0.25, -0.2) is 0 Å². The third-order valence-corrected chi connectivity index (χ3v) is 4.78. The first-order valence-corrected chi connectivity index (χ1v) is 8.83. The van der Waals surface area contributed by atoms with Gasteiger partial charge in [0.25, 0.3) is 0 Å². The van der Waals surface area contributed by atoms with E-state index in [1.54, 1.807) is 48.5 Å². The Morgan fingerprint density at radius 3 is 1.93 bits per heavy atom. The zero-order valence-corrected chi connectivity index (χ0v) is 15.9. The molecule has 1 N–H and O–H groups in total. The number of amidine groups is 1. The molecule has 0 atom stereocenters. The molecule has 28 heavy (non-hydrogen) atoms. The number of halogens is 2. The number of nitriles is 3. The molecule has 2 aromatic carbocycles. The first-order valence-electron chi connectivity index (χ1n) is 8.07. The normalized spacial score (nSPS) is 13.6. The molecule has 0 unspecified atom stereocenters. The van der Waals surface area contributed by atoms with Crippen LogP contribution in [0.3, 0.4) is 0 Å². The number of rotatable bonds is 2. The summed E-state index contributed by atoms with van der Waals surface area (Å²) in [5.74, 6) is -0.112. The van der Waals surface area contributed by atoms with E-state index in [0.29, 0.717) is 32.6 Å². The lowest BCUT2D eigenvalue weighted by molar-refractivity contribution is 1.06. The third-order valence-electron chi connectivity index (χ3n) is 4.28. The Hall–Kier alpha value is -3.56. The Balaban J connectivity index is 2.26. The lowest BCUT2D eigenvalue weighted by Gasteiger charge is -2.33. The molecule has 0 spiro atoms. The van der Waals surface area contributed by atoms with Gasteiger partial charge >= 0.3 is 0 Å². The van der Waals surface area contributed by atoms with Crippen LogP contribution >= 0.6 is 23.2 Å². The van der Waals surface area contributed by atoms with Crippen molar-refractivity contribution in [3.05, 3.63) is 81.0 Å². The van der Waals surface area contributed by atoms with Crippen LogP contribution in [0, 0.1) is 39.4 Å². The summed E-state index contributed by atoms with van der Waals surface area (Å²) in [6, 6.07) is 19.4. The standard InChI is InChI=1S/C21H11Cl2N5/c22-15-3-1-13(2-4-15)18-9-20(14(10-24)11-25)28(21(27)19(18)12-26)17-7-5-16(23)6-8-17/h1-8,27H,9H2. The predicted octanol–water partition coefficient (Wildman–Crippen LogP) is 5.46. The summed E-state index contributed by atoms with van der Waals surface area (Å²) >= 11 is 11.9. The van der Waals surface area contributed by atoms with Crippen LogP contribution in [0.2, 0.25) is 10.0 Å². The number of hydrogen-bond acceptors (Lipinski definition) is 4. The Morgan fingerprint density at radius 1 is 0.893 bits per heavy atom. The van der Waals surface area contributed by atoms with Crippen molar-refractivity contribution < 1.29 is 0 Å². The molecule has 1 heterocycles. The van der Waals surface area contributed by atoms with E-state index in [4.69, 9.17) is 28.6 Å². The summed E-state index contributed by atoms with van der Waals surface area (Å²) < 4.78 is 0. The molecule has 134 valence electrons. The molecule has 0 aromatic heterocycles. The largest absolute Gasteiger partial charge is 0.296 e. The van der Waals surface area contributed by atoms with E-state index >= 15 is 0 Å². The van der Waals surface area contributed by atoms with Crippen molar-refractivity contribution in [2.45, 2.75) is 6.42 Å². The molecule has 1 aliphatic heterocycles. The van der Waals surface area contributed by atoms with Crippen molar-refractivity contribution in [2.24, 2.45) is 0 Å². The summed E-state index contributed by atoms with van der Waals surface area (Å²) in [7, 11) is 0. The van der Waals surface area contributed by atoms with E-state index in [1.165, 1.54) is 4.90 Å². The maximum absolute atomic E-state index is 9.73. The van der Waals surface area contributed by atoms with Gasteiger partial charge in [0.2, 0.25) is 0 Å². The van der Waals surface area contributed by atoms with Crippen LogP contribution in [0.4, 0.5) is 5.69 Å². The highest BCUT2D eigenvalue weighted by atomic mass is 35.5. The highest BCUT2D eigenvalue weighted by molar-refractivity contribution is 6.31. The van der Waals surface area contributed by atoms with Gasteiger partial charge in [0.15, 0.2) is 0 Å². The fourth-order valence-corrected chi connectivity index (χ4v) is 3.22. The third kappa shape index (κ3) is 3.48. The minimum absolute atomic E-state index is 0.112. The van der Waals surface area contributed by atoms with Crippen molar-refractivity contribution in [3.8, 4) is 18.2 Å². The van der Waals surface area contributed by atoms with Gasteiger partial charge in [0.05, 0.1) is 11.3 Å². The SMILES string of the molecule is N#CC(C#N)=C1CC(c2ccc(Cl)cc2)=C(C#N)C(=N)N1c1ccc(Cl)cc1. The van der Waals surface area contributed by atoms with E-state index in [-0.39, 0.29) is 23.4 Å². The van der Waals surface area contributed by atoms with Gasteiger partial charge in [-0.2, -0.15) is 15.8 Å². The maximum atomic E-state index is 9.73. The molecular formula is C21H11Cl2N5. The van der Waals surface area contributed by atoms with Gasteiger partial charge in [-0.15, -0.1) is 0 Å². The zero-order chi connectivity index (χ0) is 20.3. The number of nitrogens with one attached hydrogen (secondary N) is 1. The Morgan fingerprint density at radius 2 is 1.43 bits per heavy atom. The first-order chi connectivity index (χ1) is 13.5. The highest BCUT2D eigenvalue weighted by Gasteiger charge is 2.32. The fourth-order valence-electron chi connectivity index (χ4n) is 2.97. The average molecular weight is 404 g/mol. The van der Waals surface area contributed by atoms with E-state index in [2.05, 4.69) is 6.07 Å². The molecule has 0 amide bonds. The molecule has 0 saturated heterocycles. The van der Waals surface area contributed by atoms with Crippen molar-refractivity contribution in [2.75, 3.05) is 4.90 Å². The smallest absolute Gasteiger partial charge is 0.149 e. The molecular weight excluding hydrogens is 393 g/mol. The minimum Gasteiger partial charge on any atom is -0.296 e. The molecule has 0 aliphatic carbocycles. The molecule has 0 saturated carbocycles. The van der Waals surface area contributed by atoms with Crippen molar-refractivity contribution in [3.63, 3.8) is 0 Å². The summed E-state index contributed by atoms with van der Waals surface area (Å²) in [5, 5.41) is 38.3.